The minimum Gasteiger partial charge on any atom is -0.345 e. The van der Waals surface area contributed by atoms with E-state index in [4.69, 9.17) is 0 Å². The Morgan fingerprint density at radius 1 is 0.962 bits per heavy atom. The van der Waals surface area contributed by atoms with E-state index in [1.54, 1.807) is 48.6 Å². The van der Waals surface area contributed by atoms with Crippen LogP contribution in [0, 0.1) is 0 Å². The van der Waals surface area contributed by atoms with Crippen molar-refractivity contribution >= 4 is 29.1 Å². The highest BCUT2D eigenvalue weighted by atomic mass is 16.2. The standard InChI is InChI=1S/C19H22N4O3/c1-14(24)21-16-3-5-17(6-4-16)22-18(25)13-19(26)23(2)12-9-15-7-10-20-11-8-15/h3-8,10-11H,9,12-13H2,1-2H3,(H,21,24)(H,22,25). The van der Waals surface area contributed by atoms with E-state index < -0.39 is 0 Å². The first kappa shape index (κ1) is 19.1. The smallest absolute Gasteiger partial charge is 0.233 e. The summed E-state index contributed by atoms with van der Waals surface area (Å²) in [5.74, 6) is -0.786. The van der Waals surface area contributed by atoms with Gasteiger partial charge in [-0.2, -0.15) is 0 Å². The van der Waals surface area contributed by atoms with Gasteiger partial charge in [-0.1, -0.05) is 0 Å². The van der Waals surface area contributed by atoms with E-state index in [0.29, 0.717) is 24.3 Å². The Morgan fingerprint density at radius 3 is 2.12 bits per heavy atom. The van der Waals surface area contributed by atoms with Crippen LogP contribution in [0.4, 0.5) is 11.4 Å². The van der Waals surface area contributed by atoms with Crippen molar-refractivity contribution in [1.29, 1.82) is 0 Å². The molecule has 0 bridgehead atoms. The van der Waals surface area contributed by atoms with Gasteiger partial charge in [-0.15, -0.1) is 0 Å². The number of benzene rings is 1. The number of hydrogen-bond acceptors (Lipinski definition) is 4. The van der Waals surface area contributed by atoms with Crippen molar-refractivity contribution in [3.63, 3.8) is 0 Å². The predicted molar refractivity (Wildman–Crippen MR) is 99.6 cm³/mol. The fourth-order valence-corrected chi connectivity index (χ4v) is 2.29. The van der Waals surface area contributed by atoms with Crippen molar-refractivity contribution in [2.45, 2.75) is 19.8 Å². The average Bonchev–Trinajstić information content (AvgIpc) is 2.61. The van der Waals surface area contributed by atoms with Crippen LogP contribution in [0.25, 0.3) is 0 Å². The van der Waals surface area contributed by atoms with Crippen LogP contribution in [0.3, 0.4) is 0 Å². The largest absolute Gasteiger partial charge is 0.345 e. The fraction of sp³-hybridized carbons (Fsp3) is 0.263. The summed E-state index contributed by atoms with van der Waals surface area (Å²) >= 11 is 0. The van der Waals surface area contributed by atoms with Crippen molar-refractivity contribution in [3.05, 3.63) is 54.4 Å². The van der Waals surface area contributed by atoms with E-state index in [1.807, 2.05) is 12.1 Å². The van der Waals surface area contributed by atoms with Gasteiger partial charge in [-0.05, 0) is 48.4 Å². The summed E-state index contributed by atoms with van der Waals surface area (Å²) in [6.07, 6.45) is 3.90. The predicted octanol–water partition coefficient (Wildman–Crippen LogP) is 2.07. The third kappa shape index (κ3) is 6.35. The molecular formula is C19H22N4O3. The molecule has 0 saturated heterocycles. The molecule has 1 heterocycles. The highest BCUT2D eigenvalue weighted by Gasteiger charge is 2.14. The number of pyridine rings is 1. The third-order valence-electron chi connectivity index (χ3n) is 3.71. The van der Waals surface area contributed by atoms with Crippen LogP contribution in [-0.4, -0.2) is 41.2 Å². The SMILES string of the molecule is CC(=O)Nc1ccc(NC(=O)CC(=O)N(C)CCc2ccncc2)cc1. The summed E-state index contributed by atoms with van der Waals surface area (Å²) in [4.78, 5) is 40.6. The van der Waals surface area contributed by atoms with E-state index in [-0.39, 0.29) is 24.1 Å². The molecule has 1 aromatic heterocycles. The van der Waals surface area contributed by atoms with E-state index in [2.05, 4.69) is 15.6 Å². The second-order valence-electron chi connectivity index (χ2n) is 5.90. The highest BCUT2D eigenvalue weighted by molar-refractivity contribution is 6.03. The molecule has 0 aliphatic rings. The molecule has 2 aromatic rings. The van der Waals surface area contributed by atoms with Gasteiger partial charge in [0, 0.05) is 44.3 Å². The second-order valence-corrected chi connectivity index (χ2v) is 5.90. The highest BCUT2D eigenvalue weighted by Crippen LogP contribution is 2.13. The number of nitrogens with zero attached hydrogens (tertiary/aromatic N) is 2. The number of nitrogens with one attached hydrogen (secondary N) is 2. The molecule has 1 aromatic carbocycles. The molecule has 0 atom stereocenters. The quantitative estimate of drug-likeness (QED) is 0.745. The van der Waals surface area contributed by atoms with E-state index >= 15 is 0 Å². The lowest BCUT2D eigenvalue weighted by molar-refractivity contribution is -0.133. The summed E-state index contributed by atoms with van der Waals surface area (Å²) < 4.78 is 0. The summed E-state index contributed by atoms with van der Waals surface area (Å²) in [5, 5.41) is 5.32. The number of rotatable bonds is 7. The molecule has 7 nitrogen and oxygen atoms in total. The van der Waals surface area contributed by atoms with Gasteiger partial charge < -0.3 is 15.5 Å². The van der Waals surface area contributed by atoms with Crippen molar-refractivity contribution in [2.75, 3.05) is 24.2 Å². The van der Waals surface area contributed by atoms with Crippen LogP contribution in [0.1, 0.15) is 18.9 Å². The molecule has 0 saturated carbocycles. The molecule has 0 aliphatic heterocycles. The zero-order valence-electron chi connectivity index (χ0n) is 14.9. The average molecular weight is 354 g/mol. The first-order chi connectivity index (χ1) is 12.4. The number of hydrogen-bond donors (Lipinski definition) is 2. The molecule has 0 aliphatic carbocycles. The lowest BCUT2D eigenvalue weighted by atomic mass is 10.2. The normalized spacial score (nSPS) is 10.1. The first-order valence-corrected chi connectivity index (χ1v) is 8.24. The lowest BCUT2D eigenvalue weighted by Crippen LogP contribution is -2.32. The van der Waals surface area contributed by atoms with E-state index in [0.717, 1.165) is 5.56 Å². The molecular weight excluding hydrogens is 332 g/mol. The van der Waals surface area contributed by atoms with Gasteiger partial charge in [0.15, 0.2) is 0 Å². The van der Waals surface area contributed by atoms with Gasteiger partial charge in [-0.3, -0.25) is 19.4 Å². The van der Waals surface area contributed by atoms with Crippen LogP contribution in [0.5, 0.6) is 0 Å². The minimum absolute atomic E-state index is 0.165. The van der Waals surface area contributed by atoms with E-state index in [9.17, 15) is 14.4 Å². The summed E-state index contributed by atoms with van der Waals surface area (Å²) in [6.45, 7) is 1.95. The van der Waals surface area contributed by atoms with Crippen molar-refractivity contribution in [2.24, 2.45) is 0 Å². The number of carbonyl (C=O) groups excluding carboxylic acids is 3. The monoisotopic (exact) mass is 354 g/mol. The van der Waals surface area contributed by atoms with Crippen molar-refractivity contribution in [3.8, 4) is 0 Å². The van der Waals surface area contributed by atoms with Crippen molar-refractivity contribution < 1.29 is 14.4 Å². The molecule has 3 amide bonds. The number of amides is 3. The van der Waals surface area contributed by atoms with Crippen LogP contribution >= 0.6 is 0 Å². The Bertz CT molecular complexity index is 760. The number of likely N-dealkylation sites (N-methyl/N-ethyl adjacent to an activating group) is 1. The molecule has 7 heteroatoms. The maximum atomic E-state index is 12.1. The molecule has 136 valence electrons. The minimum atomic E-state index is -0.377. The van der Waals surface area contributed by atoms with E-state index in [1.165, 1.54) is 6.92 Å². The Balaban J connectivity index is 1.78. The zero-order chi connectivity index (χ0) is 18.9. The van der Waals surface area contributed by atoms with Gasteiger partial charge in [0.1, 0.15) is 6.42 Å². The first-order valence-electron chi connectivity index (χ1n) is 8.24. The topological polar surface area (TPSA) is 91.4 Å². The maximum absolute atomic E-state index is 12.1. The molecule has 0 spiro atoms. The van der Waals surface area contributed by atoms with Gasteiger partial charge in [-0.25, -0.2) is 0 Å². The second kappa shape index (κ2) is 9.31. The number of anilines is 2. The Labute approximate surface area is 152 Å². The molecule has 26 heavy (non-hydrogen) atoms. The van der Waals surface area contributed by atoms with Gasteiger partial charge in [0.2, 0.25) is 17.7 Å². The summed E-state index contributed by atoms with van der Waals surface area (Å²) in [6, 6.07) is 10.5. The van der Waals surface area contributed by atoms with Crippen LogP contribution in [0.15, 0.2) is 48.8 Å². The zero-order valence-corrected chi connectivity index (χ0v) is 14.9. The number of aromatic nitrogens is 1. The van der Waals surface area contributed by atoms with Gasteiger partial charge >= 0.3 is 0 Å². The van der Waals surface area contributed by atoms with Gasteiger partial charge in [0.25, 0.3) is 0 Å². The van der Waals surface area contributed by atoms with Crippen LogP contribution in [0.2, 0.25) is 0 Å². The van der Waals surface area contributed by atoms with Crippen LogP contribution in [-0.2, 0) is 20.8 Å². The summed E-state index contributed by atoms with van der Waals surface area (Å²) in [5.41, 5.74) is 2.29. The van der Waals surface area contributed by atoms with Crippen molar-refractivity contribution in [1.82, 2.24) is 9.88 Å². The molecule has 0 unspecified atom stereocenters. The third-order valence-corrected chi connectivity index (χ3v) is 3.71. The fourth-order valence-electron chi connectivity index (χ4n) is 2.29. The summed E-state index contributed by atoms with van der Waals surface area (Å²) in [7, 11) is 1.68. The Kier molecular flexibility index (Phi) is 6.84. The Morgan fingerprint density at radius 2 is 1.54 bits per heavy atom. The molecule has 2 N–H and O–H groups in total. The van der Waals surface area contributed by atoms with Gasteiger partial charge in [0.05, 0.1) is 0 Å². The Hall–Kier alpha value is -3.22. The lowest BCUT2D eigenvalue weighted by Gasteiger charge is -2.17. The molecule has 2 rings (SSSR count). The number of carbonyl (C=O) groups is 3. The maximum Gasteiger partial charge on any atom is 0.233 e. The molecule has 0 fully saturated rings. The molecule has 0 radical (unpaired) electrons. The van der Waals surface area contributed by atoms with Crippen LogP contribution < -0.4 is 10.6 Å².